The van der Waals surface area contributed by atoms with Crippen molar-refractivity contribution in [1.29, 1.82) is 0 Å². The molecule has 1 saturated heterocycles. The van der Waals surface area contributed by atoms with Crippen LogP contribution in [0.1, 0.15) is 16.1 Å². The molecule has 31 heavy (non-hydrogen) atoms. The normalized spacial score (nSPS) is 15.1. The van der Waals surface area contributed by atoms with Crippen LogP contribution in [0.3, 0.4) is 0 Å². The predicted molar refractivity (Wildman–Crippen MR) is 128 cm³/mol. The van der Waals surface area contributed by atoms with Crippen LogP contribution in [-0.2, 0) is 9.53 Å². The fourth-order valence-electron chi connectivity index (χ4n) is 2.97. The number of nitrogens with zero attached hydrogens (tertiary/aromatic N) is 1. The summed E-state index contributed by atoms with van der Waals surface area (Å²) in [5.41, 5.74) is 1.49. The van der Waals surface area contributed by atoms with Crippen molar-refractivity contribution in [2.45, 2.75) is 0 Å². The first-order valence-electron chi connectivity index (χ1n) is 8.89. The number of hydrogen-bond acceptors (Lipinski definition) is 6. The summed E-state index contributed by atoms with van der Waals surface area (Å²) < 4.78 is 11.0. The Kier molecular flexibility index (Phi) is 6.20. The van der Waals surface area contributed by atoms with E-state index in [2.05, 4.69) is 0 Å². The van der Waals surface area contributed by atoms with Crippen molar-refractivity contribution in [1.82, 2.24) is 0 Å². The molecule has 0 spiro atoms. The van der Waals surface area contributed by atoms with Crippen LogP contribution in [0.5, 0.6) is 0 Å². The minimum absolute atomic E-state index is 0.238. The summed E-state index contributed by atoms with van der Waals surface area (Å²) in [6, 6.07) is 15.3. The summed E-state index contributed by atoms with van der Waals surface area (Å²) in [7, 11) is 1.29. The quantitative estimate of drug-likeness (QED) is 0.238. The highest BCUT2D eigenvalue weighted by molar-refractivity contribution is 8.27. The first-order valence-corrected chi connectivity index (χ1v) is 10.9. The van der Waals surface area contributed by atoms with Gasteiger partial charge < -0.3 is 9.15 Å². The average Bonchev–Trinajstić information content (AvgIpc) is 3.32. The van der Waals surface area contributed by atoms with Crippen molar-refractivity contribution in [2.24, 2.45) is 0 Å². The molecule has 0 aliphatic carbocycles. The smallest absolute Gasteiger partial charge is 0.339 e. The molecule has 1 aliphatic heterocycles. The maximum Gasteiger partial charge on any atom is 0.339 e. The van der Waals surface area contributed by atoms with Gasteiger partial charge in [-0.25, -0.2) is 4.79 Å². The molecule has 1 amide bonds. The van der Waals surface area contributed by atoms with Crippen molar-refractivity contribution in [3.8, 4) is 11.3 Å². The van der Waals surface area contributed by atoms with Crippen molar-refractivity contribution in [2.75, 3.05) is 12.0 Å². The second-order valence-corrected chi connectivity index (χ2v) is 8.90. The van der Waals surface area contributed by atoms with Gasteiger partial charge in [0, 0.05) is 16.7 Å². The van der Waals surface area contributed by atoms with Crippen LogP contribution in [0.2, 0.25) is 10.0 Å². The zero-order valence-corrected chi connectivity index (χ0v) is 19.1. The molecule has 0 N–H and O–H groups in total. The zero-order chi connectivity index (χ0) is 22.1. The van der Waals surface area contributed by atoms with Gasteiger partial charge >= 0.3 is 5.97 Å². The number of anilines is 1. The number of furan rings is 1. The van der Waals surface area contributed by atoms with Gasteiger partial charge in [0.25, 0.3) is 5.91 Å². The maximum absolute atomic E-state index is 12.9. The van der Waals surface area contributed by atoms with Crippen LogP contribution in [0.25, 0.3) is 17.4 Å². The first-order chi connectivity index (χ1) is 14.9. The Morgan fingerprint density at radius 1 is 1.16 bits per heavy atom. The summed E-state index contributed by atoms with van der Waals surface area (Å²) in [4.78, 5) is 26.6. The third-order valence-electron chi connectivity index (χ3n) is 4.42. The number of ether oxygens (including phenoxy) is 1. The fraction of sp³-hybridized carbons (Fsp3) is 0.0455. The maximum atomic E-state index is 12.9. The molecule has 0 saturated carbocycles. The molecule has 1 fully saturated rings. The molecule has 0 radical (unpaired) electrons. The van der Waals surface area contributed by atoms with Gasteiger partial charge in [0.2, 0.25) is 0 Å². The van der Waals surface area contributed by atoms with Crippen molar-refractivity contribution < 1.29 is 18.7 Å². The summed E-state index contributed by atoms with van der Waals surface area (Å²) in [6.07, 6.45) is 1.63. The minimum atomic E-state index is -0.539. The third kappa shape index (κ3) is 4.41. The number of carbonyl (C=O) groups is 2. The standard InChI is InChI=1S/C22H13Cl2NO4S2/c1-28-21(27)16-9-12(5-7-17(16)24)18-8-6-15(29-18)11-19-20(26)25(22(30)31-19)14-4-2-3-13(23)10-14/h2-11H,1H3/b19-11-. The van der Waals surface area contributed by atoms with E-state index in [0.29, 0.717) is 37.0 Å². The Morgan fingerprint density at radius 2 is 1.97 bits per heavy atom. The number of halogens is 2. The highest BCUT2D eigenvalue weighted by Crippen LogP contribution is 2.37. The van der Waals surface area contributed by atoms with Crippen LogP contribution >= 0.6 is 47.2 Å². The molecule has 0 bridgehead atoms. The lowest BCUT2D eigenvalue weighted by Crippen LogP contribution is -2.27. The largest absolute Gasteiger partial charge is 0.465 e. The van der Waals surface area contributed by atoms with Crippen LogP contribution in [0, 0.1) is 0 Å². The molecule has 156 valence electrons. The molecule has 4 rings (SSSR count). The minimum Gasteiger partial charge on any atom is -0.465 e. The zero-order valence-electron chi connectivity index (χ0n) is 15.9. The van der Waals surface area contributed by atoms with Gasteiger partial charge in [0.15, 0.2) is 4.32 Å². The number of esters is 1. The van der Waals surface area contributed by atoms with Gasteiger partial charge in [-0.3, -0.25) is 9.69 Å². The average molecular weight is 490 g/mol. The second-order valence-electron chi connectivity index (χ2n) is 6.39. The number of thioether (sulfide) groups is 1. The Hall–Kier alpha value is -2.58. The summed E-state index contributed by atoms with van der Waals surface area (Å²) in [6.45, 7) is 0. The molecule has 3 aromatic rings. The van der Waals surface area contributed by atoms with Gasteiger partial charge in [-0.2, -0.15) is 0 Å². The van der Waals surface area contributed by atoms with Crippen molar-refractivity contribution in [3.05, 3.63) is 80.9 Å². The lowest BCUT2D eigenvalue weighted by atomic mass is 10.1. The fourth-order valence-corrected chi connectivity index (χ4v) is 4.62. The van der Waals surface area contributed by atoms with E-state index in [1.165, 1.54) is 23.8 Å². The highest BCUT2D eigenvalue weighted by Gasteiger charge is 2.33. The van der Waals surface area contributed by atoms with E-state index in [9.17, 15) is 9.59 Å². The first kappa shape index (κ1) is 21.6. The molecule has 1 aliphatic rings. The van der Waals surface area contributed by atoms with E-state index in [-0.39, 0.29) is 16.5 Å². The molecule has 9 heteroatoms. The van der Waals surface area contributed by atoms with Crippen LogP contribution in [-0.4, -0.2) is 23.3 Å². The molecule has 5 nitrogen and oxygen atoms in total. The molecule has 2 aromatic carbocycles. The second kappa shape index (κ2) is 8.88. The lowest BCUT2D eigenvalue weighted by Gasteiger charge is -2.14. The van der Waals surface area contributed by atoms with Gasteiger partial charge in [-0.1, -0.05) is 53.2 Å². The number of rotatable bonds is 4. The third-order valence-corrected chi connectivity index (χ3v) is 6.28. The highest BCUT2D eigenvalue weighted by atomic mass is 35.5. The van der Waals surface area contributed by atoms with Gasteiger partial charge in [0.1, 0.15) is 11.5 Å². The van der Waals surface area contributed by atoms with E-state index in [1.807, 2.05) is 0 Å². The Morgan fingerprint density at radius 3 is 2.71 bits per heavy atom. The number of amides is 1. The topological polar surface area (TPSA) is 59.8 Å². The van der Waals surface area contributed by atoms with E-state index in [4.69, 9.17) is 44.6 Å². The summed E-state index contributed by atoms with van der Waals surface area (Å²) in [5, 5.41) is 0.799. The number of benzene rings is 2. The van der Waals surface area contributed by atoms with E-state index >= 15 is 0 Å². The molecular formula is C22H13Cl2NO4S2. The van der Waals surface area contributed by atoms with E-state index < -0.39 is 5.97 Å². The Balaban J connectivity index is 1.61. The predicted octanol–water partition coefficient (Wildman–Crippen LogP) is 6.45. The molecular weight excluding hydrogens is 477 g/mol. The Labute approximate surface area is 197 Å². The lowest BCUT2D eigenvalue weighted by molar-refractivity contribution is -0.113. The number of carbonyl (C=O) groups excluding carboxylic acids is 2. The monoisotopic (exact) mass is 489 g/mol. The number of thiocarbonyl (C=S) groups is 1. The van der Waals surface area contributed by atoms with Gasteiger partial charge in [-0.05, 0) is 48.5 Å². The van der Waals surface area contributed by atoms with Gasteiger partial charge in [-0.15, -0.1) is 0 Å². The number of hydrogen-bond donors (Lipinski definition) is 0. The van der Waals surface area contributed by atoms with Crippen molar-refractivity contribution in [3.63, 3.8) is 0 Å². The van der Waals surface area contributed by atoms with E-state index in [0.717, 1.165) is 0 Å². The van der Waals surface area contributed by atoms with Gasteiger partial charge in [0.05, 0.1) is 28.3 Å². The van der Waals surface area contributed by atoms with Crippen LogP contribution in [0.15, 0.2) is 63.9 Å². The molecule has 0 atom stereocenters. The molecule has 0 unspecified atom stereocenters. The molecule has 1 aromatic heterocycles. The Bertz CT molecular complexity index is 1250. The summed E-state index contributed by atoms with van der Waals surface area (Å²) >= 11 is 18.7. The number of methoxy groups -OCH3 is 1. The van der Waals surface area contributed by atoms with Crippen molar-refractivity contribution >= 4 is 75.1 Å². The van der Waals surface area contributed by atoms with Crippen LogP contribution in [0.4, 0.5) is 5.69 Å². The SMILES string of the molecule is COC(=O)c1cc(-c2ccc(/C=C3\SC(=S)N(c4cccc(Cl)c4)C3=O)o2)ccc1Cl. The van der Waals surface area contributed by atoms with Crippen LogP contribution < -0.4 is 4.90 Å². The van der Waals surface area contributed by atoms with E-state index in [1.54, 1.807) is 60.7 Å². The molecule has 2 heterocycles. The summed E-state index contributed by atoms with van der Waals surface area (Å²) in [5.74, 6) is 0.188.